The first-order valence-corrected chi connectivity index (χ1v) is 6.88. The Morgan fingerprint density at radius 3 is 2.33 bits per heavy atom. The molecule has 0 aliphatic heterocycles. The van der Waals surface area contributed by atoms with Crippen LogP contribution in [0.2, 0.25) is 0 Å². The Balaban J connectivity index is 2.76. The quantitative estimate of drug-likeness (QED) is 0.759. The molecule has 0 radical (unpaired) electrons. The van der Waals surface area contributed by atoms with Gasteiger partial charge in [0.15, 0.2) is 0 Å². The number of unbranched alkanes of at least 4 members (excludes halogenated alkanes) is 1. The highest BCUT2D eigenvalue weighted by atomic mass is 79.9. The van der Waals surface area contributed by atoms with Gasteiger partial charge in [-0.15, -0.1) is 11.8 Å². The molecule has 2 nitrogen and oxygen atoms in total. The summed E-state index contributed by atoms with van der Waals surface area (Å²) < 4.78 is 11.6. The van der Waals surface area contributed by atoms with Gasteiger partial charge in [-0.25, -0.2) is 0 Å². The maximum Gasteiger partial charge on any atom is 0.136 e. The maximum absolute atomic E-state index is 5.37. The van der Waals surface area contributed by atoms with Gasteiger partial charge in [0, 0.05) is 18.9 Å². The minimum absolute atomic E-state index is 0.785. The fourth-order valence-electron chi connectivity index (χ4n) is 1.62. The number of ether oxygens (including phenoxy) is 2. The van der Waals surface area contributed by atoms with E-state index in [1.54, 1.807) is 14.2 Å². The van der Waals surface area contributed by atoms with Gasteiger partial charge in [0.25, 0.3) is 0 Å². The summed E-state index contributed by atoms with van der Waals surface area (Å²) in [5, 5.41) is 0. The lowest BCUT2D eigenvalue weighted by Crippen LogP contribution is -1.94. The topological polar surface area (TPSA) is 18.5 Å². The van der Waals surface area contributed by atoms with Gasteiger partial charge in [-0.3, -0.25) is 0 Å². The fourth-order valence-corrected chi connectivity index (χ4v) is 2.17. The molecule has 0 aliphatic rings. The summed E-state index contributed by atoms with van der Waals surface area (Å²) in [5.41, 5.74) is 1.15. The molecule has 0 N–H and O–H groups in total. The summed E-state index contributed by atoms with van der Waals surface area (Å²) >= 11 is 3.49. The summed E-state index contributed by atoms with van der Waals surface area (Å²) in [4.78, 5) is 0. The minimum atomic E-state index is 0.785. The van der Waals surface area contributed by atoms with E-state index in [1.807, 2.05) is 12.1 Å². The normalized spacial score (nSPS) is 9.56. The Labute approximate surface area is 118 Å². The zero-order valence-electron chi connectivity index (χ0n) is 11.2. The molecule has 0 bridgehead atoms. The minimum Gasteiger partial charge on any atom is -0.496 e. The molecule has 1 aromatic carbocycles. The monoisotopic (exact) mass is 310 g/mol. The second-order valence-electron chi connectivity index (χ2n) is 3.90. The van der Waals surface area contributed by atoms with Crippen molar-refractivity contribution in [1.82, 2.24) is 0 Å². The molecule has 0 atom stereocenters. The third-order valence-corrected chi connectivity index (χ3v) is 3.19. The van der Waals surface area contributed by atoms with Crippen LogP contribution in [-0.2, 0) is 6.42 Å². The molecule has 0 fully saturated rings. The molecular weight excluding hydrogens is 292 g/mol. The third-order valence-electron chi connectivity index (χ3n) is 2.57. The van der Waals surface area contributed by atoms with Gasteiger partial charge >= 0.3 is 0 Å². The number of aryl methyl sites for hydroxylation is 1. The molecule has 0 saturated carbocycles. The van der Waals surface area contributed by atoms with Gasteiger partial charge in [-0.2, -0.15) is 0 Å². The first-order valence-electron chi connectivity index (χ1n) is 6.09. The highest BCUT2D eigenvalue weighted by molar-refractivity contribution is 9.10. The van der Waals surface area contributed by atoms with Gasteiger partial charge in [0.1, 0.15) is 11.5 Å². The van der Waals surface area contributed by atoms with Crippen LogP contribution >= 0.6 is 15.9 Å². The van der Waals surface area contributed by atoms with Crippen molar-refractivity contribution >= 4 is 15.9 Å². The Morgan fingerprint density at radius 2 is 1.72 bits per heavy atom. The van der Waals surface area contributed by atoms with Crippen LogP contribution in [0.4, 0.5) is 0 Å². The summed E-state index contributed by atoms with van der Waals surface area (Å²) in [6, 6.07) is 3.94. The number of halogens is 1. The van der Waals surface area contributed by atoms with Crippen molar-refractivity contribution in [3.63, 3.8) is 0 Å². The second-order valence-corrected chi connectivity index (χ2v) is 4.76. The van der Waals surface area contributed by atoms with Crippen LogP contribution in [-0.4, -0.2) is 14.2 Å². The Hall–Kier alpha value is -1.14. The molecular formula is C15H19BrO2. The van der Waals surface area contributed by atoms with E-state index in [0.29, 0.717) is 0 Å². The van der Waals surface area contributed by atoms with Crippen molar-refractivity contribution in [2.75, 3.05) is 14.2 Å². The molecule has 0 aromatic heterocycles. The van der Waals surface area contributed by atoms with E-state index < -0.39 is 0 Å². The number of hydrogen-bond donors (Lipinski definition) is 0. The molecule has 1 rings (SSSR count). The van der Waals surface area contributed by atoms with Gasteiger partial charge in [-0.05, 0) is 40.4 Å². The lowest BCUT2D eigenvalue weighted by molar-refractivity contribution is 0.389. The molecule has 0 unspecified atom stereocenters. The molecule has 1 aromatic rings. The van der Waals surface area contributed by atoms with E-state index in [-0.39, 0.29) is 0 Å². The van der Waals surface area contributed by atoms with Crippen molar-refractivity contribution in [3.8, 4) is 23.3 Å². The standard InChI is InChI=1S/C15H19BrO2/c1-4-5-6-7-8-9-12-10-13(16)15(18-3)11-14(12)17-2/h10-11H,4-5,8-9H2,1-3H3. The predicted molar refractivity (Wildman–Crippen MR) is 78.3 cm³/mol. The van der Waals surface area contributed by atoms with Crippen molar-refractivity contribution in [2.45, 2.75) is 32.6 Å². The van der Waals surface area contributed by atoms with Crippen LogP contribution < -0.4 is 9.47 Å². The second kappa shape index (κ2) is 8.05. The molecule has 0 heterocycles. The van der Waals surface area contributed by atoms with Crippen molar-refractivity contribution < 1.29 is 9.47 Å². The lowest BCUT2D eigenvalue weighted by atomic mass is 10.1. The van der Waals surface area contributed by atoms with Crippen LogP contribution in [0.5, 0.6) is 11.5 Å². The largest absolute Gasteiger partial charge is 0.496 e. The first-order chi connectivity index (χ1) is 8.72. The molecule has 18 heavy (non-hydrogen) atoms. The summed E-state index contributed by atoms with van der Waals surface area (Å²) in [5.74, 6) is 7.97. The van der Waals surface area contributed by atoms with Gasteiger partial charge in [0.2, 0.25) is 0 Å². The lowest BCUT2D eigenvalue weighted by Gasteiger charge is -2.11. The van der Waals surface area contributed by atoms with Gasteiger partial charge in [-0.1, -0.05) is 6.92 Å². The van der Waals surface area contributed by atoms with Crippen molar-refractivity contribution in [1.29, 1.82) is 0 Å². The number of hydrogen-bond acceptors (Lipinski definition) is 2. The molecule has 0 saturated heterocycles. The Morgan fingerprint density at radius 1 is 1.06 bits per heavy atom. The molecule has 3 heteroatoms. The SMILES string of the molecule is CCCC#CCCc1cc(Br)c(OC)cc1OC. The van der Waals surface area contributed by atoms with Crippen LogP contribution in [0.1, 0.15) is 31.7 Å². The predicted octanol–water partition coefficient (Wildman–Crippen LogP) is 4.20. The van der Waals surface area contributed by atoms with E-state index in [1.165, 1.54) is 0 Å². The molecule has 98 valence electrons. The Kier molecular flexibility index (Phi) is 6.67. The highest BCUT2D eigenvalue weighted by Gasteiger charge is 2.08. The molecule has 0 spiro atoms. The number of benzene rings is 1. The van der Waals surface area contributed by atoms with Crippen molar-refractivity contribution in [3.05, 3.63) is 22.2 Å². The summed E-state index contributed by atoms with van der Waals surface area (Å²) in [6.45, 7) is 2.14. The highest BCUT2D eigenvalue weighted by Crippen LogP contribution is 2.33. The zero-order chi connectivity index (χ0) is 13.4. The van der Waals surface area contributed by atoms with E-state index >= 15 is 0 Å². The fraction of sp³-hybridized carbons (Fsp3) is 0.467. The smallest absolute Gasteiger partial charge is 0.136 e. The van der Waals surface area contributed by atoms with Gasteiger partial charge in [0.05, 0.1) is 18.7 Å². The van der Waals surface area contributed by atoms with Gasteiger partial charge < -0.3 is 9.47 Å². The third kappa shape index (κ3) is 4.27. The summed E-state index contributed by atoms with van der Waals surface area (Å²) in [7, 11) is 3.32. The van der Waals surface area contributed by atoms with Crippen LogP contribution in [0.3, 0.4) is 0 Å². The first kappa shape index (κ1) is 14.9. The van der Waals surface area contributed by atoms with E-state index in [9.17, 15) is 0 Å². The van der Waals surface area contributed by atoms with Crippen molar-refractivity contribution in [2.24, 2.45) is 0 Å². The van der Waals surface area contributed by atoms with E-state index in [2.05, 4.69) is 34.7 Å². The summed E-state index contributed by atoms with van der Waals surface area (Å²) in [6.07, 6.45) is 3.84. The van der Waals surface area contributed by atoms with E-state index in [4.69, 9.17) is 9.47 Å². The number of methoxy groups -OCH3 is 2. The average molecular weight is 311 g/mol. The van der Waals surface area contributed by atoms with Crippen LogP contribution in [0, 0.1) is 11.8 Å². The molecule has 0 amide bonds. The van der Waals surface area contributed by atoms with Crippen LogP contribution in [0.15, 0.2) is 16.6 Å². The zero-order valence-corrected chi connectivity index (χ0v) is 12.8. The Bertz CT molecular complexity index is 444. The average Bonchev–Trinajstić information content (AvgIpc) is 2.38. The maximum atomic E-state index is 5.37. The van der Waals surface area contributed by atoms with E-state index in [0.717, 1.165) is 47.2 Å². The molecule has 0 aliphatic carbocycles. The number of rotatable bonds is 5. The van der Waals surface area contributed by atoms with Crippen LogP contribution in [0.25, 0.3) is 0 Å².